The van der Waals surface area contributed by atoms with Crippen LogP contribution in [0.4, 0.5) is 0 Å². The van der Waals surface area contributed by atoms with Gasteiger partial charge in [-0.1, -0.05) is 18.2 Å². The number of carbonyl (C=O) groups is 2. The van der Waals surface area contributed by atoms with Crippen molar-refractivity contribution in [1.29, 1.82) is 0 Å². The molecule has 21 heavy (non-hydrogen) atoms. The predicted molar refractivity (Wildman–Crippen MR) is 81.3 cm³/mol. The van der Waals surface area contributed by atoms with Gasteiger partial charge in [0.1, 0.15) is 6.54 Å². The summed E-state index contributed by atoms with van der Waals surface area (Å²) >= 11 is 0. The molecule has 0 fully saturated rings. The zero-order chi connectivity index (χ0) is 15.4. The summed E-state index contributed by atoms with van der Waals surface area (Å²) in [6, 6.07) is 6.13. The molecule has 0 aliphatic heterocycles. The molecule has 1 amide bonds. The van der Waals surface area contributed by atoms with Gasteiger partial charge in [0, 0.05) is 6.04 Å². The van der Waals surface area contributed by atoms with E-state index in [0.717, 1.165) is 18.4 Å². The van der Waals surface area contributed by atoms with Crippen LogP contribution in [0.25, 0.3) is 0 Å². The highest BCUT2D eigenvalue weighted by atomic mass is 16.4. The average molecular weight is 289 g/mol. The number of carboxylic acids is 1. The number of hydrogen-bond donors (Lipinski definition) is 1. The monoisotopic (exact) mass is 289 g/mol. The number of aryl methyl sites for hydroxylation is 2. The molecule has 1 N–H and O–H groups in total. The minimum absolute atomic E-state index is 0.105. The third kappa shape index (κ3) is 4.06. The van der Waals surface area contributed by atoms with E-state index >= 15 is 0 Å². The lowest BCUT2D eigenvalue weighted by Gasteiger charge is -2.25. The standard InChI is InChI=1S/C17H23NO3/c1-12(2)18(11-17(20)21)16(19)10-13-7-8-14-5-3-4-6-15(14)9-13/h7-9,12H,3-6,10-11H2,1-2H3,(H,20,21). The van der Waals surface area contributed by atoms with Crippen LogP contribution >= 0.6 is 0 Å². The zero-order valence-electron chi connectivity index (χ0n) is 12.8. The average Bonchev–Trinajstić information content (AvgIpc) is 2.44. The van der Waals surface area contributed by atoms with Crippen LogP contribution < -0.4 is 0 Å². The summed E-state index contributed by atoms with van der Waals surface area (Å²) in [6.07, 6.45) is 4.94. The fraction of sp³-hybridized carbons (Fsp3) is 0.529. The first-order chi connectivity index (χ1) is 9.97. The molecular weight excluding hydrogens is 266 g/mol. The Labute approximate surface area is 125 Å². The van der Waals surface area contributed by atoms with Gasteiger partial charge in [0.15, 0.2) is 0 Å². The van der Waals surface area contributed by atoms with Crippen molar-refractivity contribution in [1.82, 2.24) is 4.90 Å². The van der Waals surface area contributed by atoms with E-state index in [2.05, 4.69) is 12.1 Å². The summed E-state index contributed by atoms with van der Waals surface area (Å²) in [5, 5.41) is 8.91. The van der Waals surface area contributed by atoms with Gasteiger partial charge in [0.2, 0.25) is 5.91 Å². The maximum atomic E-state index is 12.3. The number of carbonyl (C=O) groups excluding carboxylic acids is 1. The third-order valence-corrected chi connectivity index (χ3v) is 4.02. The van der Waals surface area contributed by atoms with Crippen LogP contribution in [0, 0.1) is 0 Å². The number of rotatable bonds is 5. The van der Waals surface area contributed by atoms with Crippen molar-refractivity contribution in [3.63, 3.8) is 0 Å². The first-order valence-electron chi connectivity index (χ1n) is 7.59. The molecular formula is C17H23NO3. The van der Waals surface area contributed by atoms with Gasteiger partial charge in [-0.2, -0.15) is 0 Å². The second-order valence-electron chi connectivity index (χ2n) is 6.00. The van der Waals surface area contributed by atoms with Crippen molar-refractivity contribution in [2.75, 3.05) is 6.54 Å². The molecule has 0 spiro atoms. The zero-order valence-corrected chi connectivity index (χ0v) is 12.8. The Kier molecular flexibility index (Phi) is 4.99. The van der Waals surface area contributed by atoms with Crippen LogP contribution in [0.1, 0.15) is 43.4 Å². The lowest BCUT2D eigenvalue weighted by atomic mass is 9.90. The minimum atomic E-state index is -0.970. The highest BCUT2D eigenvalue weighted by molar-refractivity contribution is 5.83. The smallest absolute Gasteiger partial charge is 0.323 e. The van der Waals surface area contributed by atoms with Crippen LogP contribution in [0.5, 0.6) is 0 Å². The lowest BCUT2D eigenvalue weighted by molar-refractivity contribution is -0.145. The van der Waals surface area contributed by atoms with Crippen LogP contribution in [0.15, 0.2) is 18.2 Å². The molecule has 0 atom stereocenters. The van der Waals surface area contributed by atoms with Gasteiger partial charge >= 0.3 is 5.97 Å². The van der Waals surface area contributed by atoms with Crippen LogP contribution in [-0.4, -0.2) is 34.5 Å². The number of benzene rings is 1. The minimum Gasteiger partial charge on any atom is -0.480 e. The molecule has 1 aromatic carbocycles. The fourth-order valence-electron chi connectivity index (χ4n) is 2.88. The molecule has 0 saturated heterocycles. The number of fused-ring (bicyclic) bond motifs is 1. The molecule has 1 aromatic rings. The molecule has 0 aromatic heterocycles. The number of aliphatic carboxylic acids is 1. The summed E-state index contributed by atoms with van der Waals surface area (Å²) in [6.45, 7) is 3.45. The second-order valence-corrected chi connectivity index (χ2v) is 6.00. The van der Waals surface area contributed by atoms with Crippen molar-refractivity contribution >= 4 is 11.9 Å². The van der Waals surface area contributed by atoms with E-state index in [9.17, 15) is 9.59 Å². The second kappa shape index (κ2) is 6.74. The molecule has 0 bridgehead atoms. The number of amides is 1. The normalized spacial score (nSPS) is 13.9. The Morgan fingerprint density at radius 3 is 2.48 bits per heavy atom. The first-order valence-corrected chi connectivity index (χ1v) is 7.59. The maximum Gasteiger partial charge on any atom is 0.323 e. The van der Waals surface area contributed by atoms with Crippen LogP contribution in [-0.2, 0) is 28.9 Å². The summed E-state index contributed by atoms with van der Waals surface area (Å²) < 4.78 is 0. The Hall–Kier alpha value is -1.84. The molecule has 4 nitrogen and oxygen atoms in total. The van der Waals surface area contributed by atoms with E-state index in [1.165, 1.54) is 28.9 Å². The molecule has 1 aliphatic rings. The van der Waals surface area contributed by atoms with Crippen molar-refractivity contribution < 1.29 is 14.7 Å². The quantitative estimate of drug-likeness (QED) is 0.905. The largest absolute Gasteiger partial charge is 0.480 e. The third-order valence-electron chi connectivity index (χ3n) is 4.02. The van der Waals surface area contributed by atoms with Crippen molar-refractivity contribution in [2.24, 2.45) is 0 Å². The fourth-order valence-corrected chi connectivity index (χ4v) is 2.88. The van der Waals surface area contributed by atoms with Gasteiger partial charge < -0.3 is 10.0 Å². The van der Waals surface area contributed by atoms with Crippen molar-refractivity contribution in [3.8, 4) is 0 Å². The van der Waals surface area contributed by atoms with Crippen molar-refractivity contribution in [3.05, 3.63) is 34.9 Å². The molecule has 4 heteroatoms. The molecule has 0 saturated carbocycles. The maximum absolute atomic E-state index is 12.3. The highest BCUT2D eigenvalue weighted by Gasteiger charge is 2.20. The number of carboxylic acid groups (broad SMARTS) is 1. The van der Waals surface area contributed by atoms with E-state index in [4.69, 9.17) is 5.11 Å². The number of nitrogens with zero attached hydrogens (tertiary/aromatic N) is 1. The topological polar surface area (TPSA) is 57.6 Å². The Bertz CT molecular complexity index is 537. The first kappa shape index (κ1) is 15.5. The summed E-state index contributed by atoms with van der Waals surface area (Å²) in [4.78, 5) is 24.6. The van der Waals surface area contributed by atoms with E-state index in [1.54, 1.807) is 0 Å². The van der Waals surface area contributed by atoms with E-state index < -0.39 is 5.97 Å². The van der Waals surface area contributed by atoms with Gasteiger partial charge in [-0.25, -0.2) is 0 Å². The summed E-state index contributed by atoms with van der Waals surface area (Å²) in [5.41, 5.74) is 3.72. The molecule has 0 heterocycles. The Morgan fingerprint density at radius 1 is 1.19 bits per heavy atom. The van der Waals surface area contributed by atoms with Gasteiger partial charge in [-0.15, -0.1) is 0 Å². The molecule has 0 unspecified atom stereocenters. The predicted octanol–water partition coefficient (Wildman–Crippen LogP) is 2.43. The summed E-state index contributed by atoms with van der Waals surface area (Å²) in [7, 11) is 0. The lowest BCUT2D eigenvalue weighted by Crippen LogP contribution is -2.41. The Morgan fingerprint density at radius 2 is 1.86 bits per heavy atom. The molecule has 2 rings (SSSR count). The highest BCUT2D eigenvalue weighted by Crippen LogP contribution is 2.22. The molecule has 1 aliphatic carbocycles. The van der Waals surface area contributed by atoms with Crippen LogP contribution in [0.3, 0.4) is 0 Å². The van der Waals surface area contributed by atoms with E-state index in [1.807, 2.05) is 19.9 Å². The van der Waals surface area contributed by atoms with Crippen LogP contribution in [0.2, 0.25) is 0 Å². The Balaban J connectivity index is 2.09. The van der Waals surface area contributed by atoms with E-state index in [-0.39, 0.29) is 24.9 Å². The van der Waals surface area contributed by atoms with Gasteiger partial charge in [-0.3, -0.25) is 9.59 Å². The van der Waals surface area contributed by atoms with Crippen molar-refractivity contribution in [2.45, 2.75) is 52.0 Å². The van der Waals surface area contributed by atoms with Gasteiger partial charge in [-0.05, 0) is 56.2 Å². The number of hydrogen-bond acceptors (Lipinski definition) is 2. The van der Waals surface area contributed by atoms with Gasteiger partial charge in [0.05, 0.1) is 6.42 Å². The van der Waals surface area contributed by atoms with E-state index in [0.29, 0.717) is 0 Å². The summed E-state index contributed by atoms with van der Waals surface area (Å²) in [5.74, 6) is -1.09. The molecule has 114 valence electrons. The SMILES string of the molecule is CC(C)N(CC(=O)O)C(=O)Cc1ccc2c(c1)CCCC2. The van der Waals surface area contributed by atoms with Gasteiger partial charge in [0.25, 0.3) is 0 Å². The molecule has 0 radical (unpaired) electrons.